The molecule has 2 N–H and O–H groups in total. The van der Waals surface area contributed by atoms with E-state index in [4.69, 9.17) is 5.11 Å². The van der Waals surface area contributed by atoms with Gasteiger partial charge < -0.3 is 10.2 Å². The number of carbonyl (C=O) groups is 1. The monoisotopic (exact) mass is 390 g/mol. The zero-order chi connectivity index (χ0) is 20.6. The summed E-state index contributed by atoms with van der Waals surface area (Å²) < 4.78 is 1.94. The van der Waals surface area contributed by atoms with Crippen molar-refractivity contribution in [1.29, 1.82) is 0 Å². The van der Waals surface area contributed by atoms with E-state index in [0.29, 0.717) is 12.0 Å². The maximum absolute atomic E-state index is 13.1. The molecule has 0 aliphatic rings. The molecule has 0 unspecified atom stereocenters. The summed E-state index contributed by atoms with van der Waals surface area (Å²) in [6.07, 6.45) is 0.610. The Bertz CT molecular complexity index is 803. The standard InChI is InChI=1S/C22H31NO3S/c1-14-19(8-9-24)27-13-23(14)12-18(25)15-10-16(21(2,3)4)20(26)17(11-15)22(5,6)7/h10-11,13,24H,8-9,12H2,1-7H3/p+1. The molecule has 5 heteroatoms. The van der Waals surface area contributed by atoms with E-state index in [1.54, 1.807) is 11.3 Å². The lowest BCUT2D eigenvalue weighted by molar-refractivity contribution is -0.684. The molecule has 4 nitrogen and oxygen atoms in total. The first-order chi connectivity index (χ1) is 12.4. The molecule has 0 amide bonds. The van der Waals surface area contributed by atoms with Crippen molar-refractivity contribution in [3.63, 3.8) is 0 Å². The molecule has 1 aromatic heterocycles. The molecule has 0 aliphatic heterocycles. The second-order valence-electron chi connectivity index (χ2n) is 9.18. The van der Waals surface area contributed by atoms with E-state index >= 15 is 0 Å². The summed E-state index contributed by atoms with van der Waals surface area (Å²) in [4.78, 5) is 14.2. The molecular formula is C22H32NO3S+. The first kappa shape index (κ1) is 21.6. The molecule has 0 fully saturated rings. The molecule has 2 aromatic rings. The van der Waals surface area contributed by atoms with Gasteiger partial charge in [-0.3, -0.25) is 4.79 Å². The van der Waals surface area contributed by atoms with Gasteiger partial charge in [-0.1, -0.05) is 52.9 Å². The Balaban J connectivity index is 2.47. The number of phenolic OH excluding ortho intramolecular Hbond substituents is 1. The molecule has 0 bridgehead atoms. The lowest BCUT2D eigenvalue weighted by atomic mass is 9.78. The van der Waals surface area contributed by atoms with Crippen LogP contribution >= 0.6 is 11.3 Å². The number of phenols is 1. The number of rotatable bonds is 5. The topological polar surface area (TPSA) is 61.4 Å². The molecule has 27 heavy (non-hydrogen) atoms. The van der Waals surface area contributed by atoms with Gasteiger partial charge in [-0.2, -0.15) is 4.57 Å². The summed E-state index contributed by atoms with van der Waals surface area (Å²) in [7, 11) is 0. The van der Waals surface area contributed by atoms with Crippen LogP contribution in [0.3, 0.4) is 0 Å². The van der Waals surface area contributed by atoms with Gasteiger partial charge in [0, 0.05) is 36.6 Å². The van der Waals surface area contributed by atoms with Gasteiger partial charge in [-0.25, -0.2) is 0 Å². The van der Waals surface area contributed by atoms with Crippen LogP contribution in [0.1, 0.15) is 73.6 Å². The Labute approximate surface area is 166 Å². The summed E-state index contributed by atoms with van der Waals surface area (Å²) in [6, 6.07) is 3.67. The summed E-state index contributed by atoms with van der Waals surface area (Å²) >= 11 is 1.57. The number of thiazole rings is 1. The lowest BCUT2D eigenvalue weighted by Gasteiger charge is -2.27. The van der Waals surface area contributed by atoms with Gasteiger partial charge >= 0.3 is 0 Å². The molecule has 0 radical (unpaired) electrons. The van der Waals surface area contributed by atoms with Crippen LogP contribution in [0, 0.1) is 6.92 Å². The number of hydrogen-bond acceptors (Lipinski definition) is 4. The Hall–Kier alpha value is -1.72. The Kier molecular flexibility index (Phi) is 6.17. The molecule has 0 saturated heterocycles. The molecule has 0 spiro atoms. The highest BCUT2D eigenvalue weighted by Gasteiger charge is 2.29. The molecule has 2 rings (SSSR count). The minimum atomic E-state index is -0.264. The zero-order valence-electron chi connectivity index (χ0n) is 17.5. The van der Waals surface area contributed by atoms with E-state index in [2.05, 4.69) is 0 Å². The number of aromatic nitrogens is 1. The summed E-state index contributed by atoms with van der Waals surface area (Å²) in [5.41, 5.74) is 4.66. The van der Waals surface area contributed by atoms with Crippen molar-refractivity contribution in [2.75, 3.05) is 6.61 Å². The fraction of sp³-hybridized carbons (Fsp3) is 0.545. The number of Topliss-reactive ketones (excluding diaryl/α,β-unsaturated/α-hetero) is 1. The van der Waals surface area contributed by atoms with Crippen molar-refractivity contribution in [3.8, 4) is 5.75 Å². The van der Waals surface area contributed by atoms with Crippen molar-refractivity contribution in [2.45, 2.75) is 72.3 Å². The van der Waals surface area contributed by atoms with E-state index in [-0.39, 0.29) is 35.5 Å². The van der Waals surface area contributed by atoms with Gasteiger partial charge in [-0.15, -0.1) is 0 Å². The van der Waals surface area contributed by atoms with Crippen LogP contribution in [0.4, 0.5) is 0 Å². The third kappa shape index (κ3) is 4.77. The van der Waals surface area contributed by atoms with Crippen LogP contribution in [0.2, 0.25) is 0 Å². The van der Waals surface area contributed by atoms with Crippen LogP contribution in [0.15, 0.2) is 17.6 Å². The van der Waals surface area contributed by atoms with Crippen molar-refractivity contribution >= 4 is 17.1 Å². The number of aliphatic hydroxyl groups is 1. The molecule has 148 valence electrons. The average Bonchev–Trinajstić information content (AvgIpc) is 2.86. The second-order valence-corrected chi connectivity index (χ2v) is 10.1. The Morgan fingerprint density at radius 1 is 1.07 bits per heavy atom. The molecule has 1 heterocycles. The molecule has 0 aliphatic carbocycles. The highest BCUT2D eigenvalue weighted by atomic mass is 32.1. The zero-order valence-corrected chi connectivity index (χ0v) is 18.3. The maximum atomic E-state index is 13.1. The fourth-order valence-electron chi connectivity index (χ4n) is 3.13. The van der Waals surface area contributed by atoms with Crippen molar-refractivity contribution in [2.24, 2.45) is 0 Å². The SMILES string of the molecule is Cc1c(CCO)sc[n+]1CC(=O)c1cc(C(C)(C)C)c(O)c(C(C)(C)C)c1. The number of ketones is 1. The summed E-state index contributed by atoms with van der Waals surface area (Å²) in [6.45, 7) is 14.6. The highest BCUT2D eigenvalue weighted by Crippen LogP contribution is 2.39. The molecule has 1 aromatic carbocycles. The van der Waals surface area contributed by atoms with E-state index in [0.717, 1.165) is 21.7 Å². The smallest absolute Gasteiger partial charge is 0.227 e. The van der Waals surface area contributed by atoms with Crippen LogP contribution in [0.5, 0.6) is 5.75 Å². The quantitative estimate of drug-likeness (QED) is 0.598. The molecular weight excluding hydrogens is 358 g/mol. The van der Waals surface area contributed by atoms with Crippen molar-refractivity contribution in [1.82, 2.24) is 0 Å². The second kappa shape index (κ2) is 7.72. The number of carbonyl (C=O) groups excluding carboxylic acids is 1. The molecule has 0 atom stereocenters. The number of benzene rings is 1. The van der Waals surface area contributed by atoms with Crippen LogP contribution in [-0.4, -0.2) is 22.6 Å². The Morgan fingerprint density at radius 3 is 2.04 bits per heavy atom. The number of aliphatic hydroxyl groups excluding tert-OH is 1. The Morgan fingerprint density at radius 2 is 1.59 bits per heavy atom. The van der Waals surface area contributed by atoms with Gasteiger partial charge in [0.2, 0.25) is 17.8 Å². The van der Waals surface area contributed by atoms with Gasteiger partial charge in [0.05, 0.1) is 4.88 Å². The fourth-order valence-corrected chi connectivity index (χ4v) is 4.12. The third-order valence-corrected chi connectivity index (χ3v) is 6.00. The van der Waals surface area contributed by atoms with Gasteiger partial charge in [-0.05, 0) is 23.0 Å². The van der Waals surface area contributed by atoms with E-state index in [9.17, 15) is 9.90 Å². The first-order valence-corrected chi connectivity index (χ1v) is 10.2. The van der Waals surface area contributed by atoms with E-state index < -0.39 is 0 Å². The first-order valence-electron chi connectivity index (χ1n) is 9.34. The number of hydrogen-bond donors (Lipinski definition) is 2. The predicted octanol–water partition coefficient (Wildman–Crippen LogP) is 4.06. The number of nitrogens with zero attached hydrogens (tertiary/aromatic N) is 1. The van der Waals surface area contributed by atoms with E-state index in [1.807, 2.05) is 70.7 Å². The largest absolute Gasteiger partial charge is 0.507 e. The highest BCUT2D eigenvalue weighted by molar-refractivity contribution is 7.09. The summed E-state index contributed by atoms with van der Waals surface area (Å²) in [5.74, 6) is 0.309. The minimum Gasteiger partial charge on any atom is -0.507 e. The maximum Gasteiger partial charge on any atom is 0.227 e. The van der Waals surface area contributed by atoms with Crippen LogP contribution in [0.25, 0.3) is 0 Å². The normalized spacial score (nSPS) is 12.4. The average molecular weight is 391 g/mol. The van der Waals surface area contributed by atoms with Crippen molar-refractivity contribution in [3.05, 3.63) is 44.9 Å². The van der Waals surface area contributed by atoms with E-state index in [1.165, 1.54) is 0 Å². The van der Waals surface area contributed by atoms with Crippen LogP contribution in [-0.2, 0) is 23.8 Å². The third-order valence-electron chi connectivity index (χ3n) is 4.86. The van der Waals surface area contributed by atoms with Gasteiger partial charge in [0.25, 0.3) is 0 Å². The van der Waals surface area contributed by atoms with Gasteiger partial charge in [0.15, 0.2) is 5.69 Å². The van der Waals surface area contributed by atoms with Crippen molar-refractivity contribution < 1.29 is 19.6 Å². The predicted molar refractivity (Wildman–Crippen MR) is 110 cm³/mol. The number of aromatic hydroxyl groups is 1. The lowest BCUT2D eigenvalue weighted by Crippen LogP contribution is -2.39. The summed E-state index contributed by atoms with van der Waals surface area (Å²) in [5, 5.41) is 20.0. The van der Waals surface area contributed by atoms with Gasteiger partial charge in [0.1, 0.15) is 5.75 Å². The van der Waals surface area contributed by atoms with Crippen LogP contribution < -0.4 is 4.57 Å². The molecule has 0 saturated carbocycles. The minimum absolute atomic E-state index is 0.0208.